The van der Waals surface area contributed by atoms with Gasteiger partial charge in [-0.25, -0.2) is 4.79 Å². The van der Waals surface area contributed by atoms with Crippen molar-refractivity contribution in [2.24, 2.45) is 17.2 Å². The van der Waals surface area contributed by atoms with Gasteiger partial charge < -0.3 is 37.3 Å². The van der Waals surface area contributed by atoms with Gasteiger partial charge in [0.25, 0.3) is 0 Å². The average molecular weight is 295 g/mol. The molecule has 118 valence electrons. The molecule has 4 atom stereocenters. The van der Waals surface area contributed by atoms with Crippen molar-refractivity contribution < 1.29 is 34.4 Å². The number of esters is 2. The van der Waals surface area contributed by atoms with Crippen LogP contribution in [0.2, 0.25) is 0 Å². The molecule has 0 aromatic rings. The van der Waals surface area contributed by atoms with Crippen LogP contribution in [-0.4, -0.2) is 64.1 Å². The molecule has 0 aliphatic heterocycles. The molecule has 20 heavy (non-hydrogen) atoms. The largest absolute Gasteiger partial charge is 0.480 e. The zero-order valence-electron chi connectivity index (χ0n) is 11.2. The molecule has 0 rings (SSSR count). The highest BCUT2D eigenvalue weighted by atomic mass is 16.6. The molecule has 0 saturated carbocycles. The second-order valence-electron chi connectivity index (χ2n) is 3.87. The number of hydrogen-bond acceptors (Lipinski definition) is 9. The lowest BCUT2D eigenvalue weighted by Crippen LogP contribution is -2.42. The first-order valence-electron chi connectivity index (χ1n) is 5.59. The van der Waals surface area contributed by atoms with Gasteiger partial charge >= 0.3 is 17.9 Å². The maximum Gasteiger partial charge on any atom is 0.333 e. The normalized spacial score (nSPS) is 15.9. The highest BCUT2D eigenvalue weighted by Crippen LogP contribution is 1.92. The highest BCUT2D eigenvalue weighted by Gasteiger charge is 2.22. The Hall–Kier alpha value is -1.59. The summed E-state index contributed by atoms with van der Waals surface area (Å²) in [6, 6.07) is -2.37. The fourth-order valence-corrected chi connectivity index (χ4v) is 0.625. The van der Waals surface area contributed by atoms with Crippen LogP contribution in [0.1, 0.15) is 13.8 Å². The fraction of sp³-hybridized carbons (Fsp3) is 0.700. The monoisotopic (exact) mass is 295 g/mol. The Morgan fingerprint density at radius 3 is 1.65 bits per heavy atom. The van der Waals surface area contributed by atoms with Crippen molar-refractivity contribution in [1.82, 2.24) is 0 Å². The zero-order chi connectivity index (χ0) is 16.5. The Morgan fingerprint density at radius 1 is 1.05 bits per heavy atom. The second-order valence-corrected chi connectivity index (χ2v) is 3.87. The second kappa shape index (κ2) is 10.2. The van der Waals surface area contributed by atoms with Crippen LogP contribution in [0.25, 0.3) is 0 Å². The van der Waals surface area contributed by atoms with Gasteiger partial charge in [-0.1, -0.05) is 0 Å². The van der Waals surface area contributed by atoms with Crippen LogP contribution in [0.3, 0.4) is 0 Å². The summed E-state index contributed by atoms with van der Waals surface area (Å²) in [5.41, 5.74) is 14.9. The molecule has 0 aromatic heterocycles. The molecule has 0 unspecified atom stereocenters. The lowest BCUT2D eigenvalue weighted by molar-refractivity contribution is -0.161. The molecule has 0 spiro atoms. The predicted octanol–water partition coefficient (Wildman–Crippen LogP) is -3.50. The van der Waals surface area contributed by atoms with E-state index in [2.05, 4.69) is 4.74 Å². The standard InChI is InChI=1S/C6H12N2O4.C4H9NO3/c1-3(9)5(8)6(11)12-4(10)2-7;1-2(6)3(5)4(7)8/h3,5,9H,2,7-8H2,1H3;2-3,6H,5H2,1H3,(H,7,8)/t3-,5+;2-,3+/m11/s1. The van der Waals surface area contributed by atoms with Crippen LogP contribution >= 0.6 is 0 Å². The molecule has 0 aliphatic carbocycles. The first-order valence-corrected chi connectivity index (χ1v) is 5.59. The molecule has 0 amide bonds. The van der Waals surface area contributed by atoms with E-state index in [9.17, 15) is 14.4 Å². The number of hydrogen-bond donors (Lipinski definition) is 6. The van der Waals surface area contributed by atoms with Crippen molar-refractivity contribution in [3.63, 3.8) is 0 Å². The summed E-state index contributed by atoms with van der Waals surface area (Å²) in [6.07, 6.45) is -2.03. The number of carbonyl (C=O) groups is 3. The number of aliphatic carboxylic acids is 1. The molecule has 0 radical (unpaired) electrons. The predicted molar refractivity (Wildman–Crippen MR) is 67.1 cm³/mol. The van der Waals surface area contributed by atoms with E-state index in [0.29, 0.717) is 0 Å². The molecular weight excluding hydrogens is 274 g/mol. The summed E-state index contributed by atoms with van der Waals surface area (Å²) in [5.74, 6) is -3.02. The van der Waals surface area contributed by atoms with E-state index in [4.69, 9.17) is 32.5 Å². The van der Waals surface area contributed by atoms with E-state index in [0.717, 1.165) is 0 Å². The Morgan fingerprint density at radius 2 is 1.45 bits per heavy atom. The molecule has 0 heterocycles. The number of ether oxygens (including phenoxy) is 1. The van der Waals surface area contributed by atoms with Crippen molar-refractivity contribution in [3.05, 3.63) is 0 Å². The van der Waals surface area contributed by atoms with Crippen LogP contribution in [0.15, 0.2) is 0 Å². The Labute approximate surface area is 115 Å². The van der Waals surface area contributed by atoms with Crippen molar-refractivity contribution in [2.45, 2.75) is 38.1 Å². The minimum absolute atomic E-state index is 0.391. The minimum atomic E-state index is -1.21. The average Bonchev–Trinajstić information content (AvgIpc) is 2.36. The van der Waals surface area contributed by atoms with Gasteiger partial charge in [-0.2, -0.15) is 0 Å². The van der Waals surface area contributed by atoms with Gasteiger partial charge in [0.1, 0.15) is 12.1 Å². The lowest BCUT2D eigenvalue weighted by atomic mass is 10.2. The smallest absolute Gasteiger partial charge is 0.333 e. The molecule has 10 heteroatoms. The molecule has 10 nitrogen and oxygen atoms in total. The molecule has 0 bridgehead atoms. The zero-order valence-corrected chi connectivity index (χ0v) is 11.2. The number of carboxylic acid groups (broad SMARTS) is 1. The topological polar surface area (TPSA) is 199 Å². The van der Waals surface area contributed by atoms with E-state index in [1.807, 2.05) is 0 Å². The summed E-state index contributed by atoms with van der Waals surface area (Å²) < 4.78 is 4.13. The number of carboxylic acids is 1. The summed E-state index contributed by atoms with van der Waals surface area (Å²) in [5, 5.41) is 25.4. The number of aliphatic hydroxyl groups excluding tert-OH is 2. The van der Waals surface area contributed by atoms with Crippen molar-refractivity contribution in [2.75, 3.05) is 6.54 Å². The van der Waals surface area contributed by atoms with Crippen LogP contribution in [0.5, 0.6) is 0 Å². The number of nitrogens with two attached hydrogens (primary N) is 3. The Bertz CT molecular complexity index is 333. The molecule has 0 fully saturated rings. The highest BCUT2D eigenvalue weighted by molar-refractivity contribution is 5.89. The third kappa shape index (κ3) is 9.35. The molecule has 0 aromatic carbocycles. The van der Waals surface area contributed by atoms with Gasteiger partial charge in [0.15, 0.2) is 0 Å². The van der Waals surface area contributed by atoms with Gasteiger partial charge in [-0.3, -0.25) is 9.59 Å². The number of carbonyl (C=O) groups excluding carboxylic acids is 2. The SMILES string of the molecule is C[C@@H](O)[C@H](N)C(=O)O.C[C@@H](O)[C@H](N)C(=O)OC(=O)CN. The maximum absolute atomic E-state index is 10.8. The van der Waals surface area contributed by atoms with Gasteiger partial charge in [0.05, 0.1) is 18.8 Å². The Kier molecular flexibility index (Phi) is 10.6. The summed E-state index contributed by atoms with van der Waals surface area (Å²) >= 11 is 0. The summed E-state index contributed by atoms with van der Waals surface area (Å²) in [6.45, 7) is 2.26. The number of rotatable bonds is 5. The van der Waals surface area contributed by atoms with Crippen LogP contribution in [0, 0.1) is 0 Å². The van der Waals surface area contributed by atoms with Crippen LogP contribution in [-0.2, 0) is 19.1 Å². The van der Waals surface area contributed by atoms with E-state index >= 15 is 0 Å². The summed E-state index contributed by atoms with van der Waals surface area (Å²) in [4.78, 5) is 31.1. The summed E-state index contributed by atoms with van der Waals surface area (Å²) in [7, 11) is 0. The van der Waals surface area contributed by atoms with Gasteiger partial charge in [-0.05, 0) is 13.8 Å². The minimum Gasteiger partial charge on any atom is -0.480 e. The van der Waals surface area contributed by atoms with Gasteiger partial charge in [0, 0.05) is 0 Å². The van der Waals surface area contributed by atoms with Gasteiger partial charge in [-0.15, -0.1) is 0 Å². The van der Waals surface area contributed by atoms with Crippen molar-refractivity contribution in [3.8, 4) is 0 Å². The molecule has 9 N–H and O–H groups in total. The molecular formula is C10H21N3O7. The molecule has 0 aliphatic rings. The van der Waals surface area contributed by atoms with Crippen molar-refractivity contribution >= 4 is 17.9 Å². The first kappa shape index (κ1) is 20.7. The number of aliphatic hydroxyl groups is 2. The quantitative estimate of drug-likeness (QED) is 0.218. The maximum atomic E-state index is 10.8. The third-order valence-corrected chi connectivity index (χ3v) is 1.98. The van der Waals surface area contributed by atoms with Crippen molar-refractivity contribution in [1.29, 1.82) is 0 Å². The van der Waals surface area contributed by atoms with Crippen LogP contribution < -0.4 is 17.2 Å². The van der Waals surface area contributed by atoms with Crippen LogP contribution in [0.4, 0.5) is 0 Å². The first-order chi connectivity index (χ1) is 9.04. The van der Waals surface area contributed by atoms with E-state index in [1.165, 1.54) is 13.8 Å². The molecule has 0 saturated heterocycles. The van der Waals surface area contributed by atoms with Gasteiger partial charge in [0.2, 0.25) is 0 Å². The van der Waals surface area contributed by atoms with E-state index < -0.39 is 48.7 Å². The Balaban J connectivity index is 0. The van der Waals surface area contributed by atoms with E-state index in [1.54, 1.807) is 0 Å². The lowest BCUT2D eigenvalue weighted by Gasteiger charge is -2.11. The van der Waals surface area contributed by atoms with E-state index in [-0.39, 0.29) is 0 Å². The third-order valence-electron chi connectivity index (χ3n) is 1.98. The fourth-order valence-electron chi connectivity index (χ4n) is 0.625.